The number of hydrogen-bond donors (Lipinski definition) is 0. The molecule has 2 aliphatic heterocycles. The topological polar surface area (TPSA) is 139 Å². The van der Waals surface area contributed by atoms with E-state index in [0.29, 0.717) is 54.5 Å². The van der Waals surface area contributed by atoms with Crippen molar-refractivity contribution in [2.75, 3.05) is 79.8 Å². The largest absolute Gasteiger partial charge is 0.466 e. The van der Waals surface area contributed by atoms with Crippen molar-refractivity contribution in [3.8, 4) is 0 Å². The summed E-state index contributed by atoms with van der Waals surface area (Å²) in [6, 6.07) is 0. The predicted octanol–water partition coefficient (Wildman–Crippen LogP) is 2.49. The molecule has 45 heavy (non-hydrogen) atoms. The van der Waals surface area contributed by atoms with Crippen molar-refractivity contribution in [2.45, 2.75) is 72.6 Å². The van der Waals surface area contributed by atoms with Gasteiger partial charge in [-0.15, -0.1) is 0 Å². The molecular weight excluding hydrogens is 584 g/mol. The summed E-state index contributed by atoms with van der Waals surface area (Å²) in [7, 11) is 3.92. The van der Waals surface area contributed by atoms with Gasteiger partial charge in [0.2, 0.25) is 0 Å². The van der Waals surface area contributed by atoms with Gasteiger partial charge in [0.25, 0.3) is 0 Å². The summed E-state index contributed by atoms with van der Waals surface area (Å²) in [6.45, 7) is 10.4. The molecule has 12 nitrogen and oxygen atoms in total. The van der Waals surface area contributed by atoms with Crippen LogP contribution in [0.3, 0.4) is 0 Å². The van der Waals surface area contributed by atoms with Crippen LogP contribution in [0, 0.1) is 23.7 Å². The van der Waals surface area contributed by atoms with Crippen LogP contribution in [0.25, 0.3) is 0 Å². The maximum absolute atomic E-state index is 12.8. The van der Waals surface area contributed by atoms with Crippen LogP contribution in [0.2, 0.25) is 0 Å². The number of quaternary nitrogens is 2. The van der Waals surface area contributed by atoms with Gasteiger partial charge in [-0.1, -0.05) is 0 Å². The summed E-state index contributed by atoms with van der Waals surface area (Å²) in [5, 5.41) is 0. The number of ether oxygens (including phenoxy) is 4. The molecule has 0 aromatic rings. The van der Waals surface area contributed by atoms with E-state index < -0.39 is 23.8 Å². The van der Waals surface area contributed by atoms with Crippen LogP contribution < -0.4 is 0 Å². The second kappa shape index (κ2) is 18.3. The van der Waals surface area contributed by atoms with E-state index in [0.717, 1.165) is 38.8 Å². The number of unbranched alkanes of at least 4 members (excludes halogenated alkanes) is 2. The first-order valence-corrected chi connectivity index (χ1v) is 16.6. The van der Waals surface area contributed by atoms with Gasteiger partial charge in [0.05, 0.1) is 79.8 Å². The first-order chi connectivity index (χ1) is 21.2. The predicted molar refractivity (Wildman–Crippen MR) is 164 cm³/mol. The molecule has 0 spiro atoms. The highest BCUT2D eigenvalue weighted by Crippen LogP contribution is 2.26. The fourth-order valence-corrected chi connectivity index (χ4v) is 6.65. The van der Waals surface area contributed by atoms with Gasteiger partial charge < -0.3 is 27.9 Å². The van der Waals surface area contributed by atoms with Crippen molar-refractivity contribution in [3.63, 3.8) is 0 Å². The molecule has 2 heterocycles. The Hall–Kier alpha value is -2.86. The van der Waals surface area contributed by atoms with Crippen LogP contribution in [-0.4, -0.2) is 124 Å². The van der Waals surface area contributed by atoms with Gasteiger partial charge in [0.1, 0.15) is 23.4 Å². The first kappa shape index (κ1) is 38.3. The lowest BCUT2D eigenvalue weighted by molar-refractivity contribution is -0.917. The lowest BCUT2D eigenvalue weighted by Gasteiger charge is -2.41. The quantitative estimate of drug-likeness (QED) is 0.0722. The summed E-state index contributed by atoms with van der Waals surface area (Å²) in [6.07, 6.45) is 4.79. The number of rotatable bonds is 18. The number of nitrogens with zero attached hydrogens (tertiary/aromatic N) is 2. The Morgan fingerprint density at radius 2 is 1.00 bits per heavy atom. The normalized spacial score (nSPS) is 26.2. The average molecular weight is 641 g/mol. The molecule has 0 aliphatic carbocycles. The number of hydrogen-bond acceptors (Lipinski definition) is 10. The molecule has 0 amide bonds. The van der Waals surface area contributed by atoms with Crippen LogP contribution in [0.4, 0.5) is 0 Å². The Balaban J connectivity index is 1.75. The third-order valence-electron chi connectivity index (χ3n) is 9.14. The smallest absolute Gasteiger partial charge is 0.322 e. The van der Waals surface area contributed by atoms with Crippen LogP contribution >= 0.6 is 0 Å². The molecule has 2 fully saturated rings. The summed E-state index contributed by atoms with van der Waals surface area (Å²) in [5.41, 5.74) is 0. The summed E-state index contributed by atoms with van der Waals surface area (Å²) in [5.74, 6) is -4.40. The first-order valence-electron chi connectivity index (χ1n) is 16.6. The lowest BCUT2D eigenvalue weighted by atomic mass is 9.93. The molecule has 6 unspecified atom stereocenters. The molecule has 2 aliphatic rings. The molecule has 0 N–H and O–H groups in total. The standard InChI is InChI=1S/C33H56N2O10/c1-7-42-30(38)26-14-12-16-34(5,20-26)22-28(24(3)36)32(40)44-18-10-9-11-19-45-33(41)29(25(4)37)23-35(6)17-13-15-27(21-35)31(39)43-8-2/h26-29H,7-23H2,1-6H3/q+2. The van der Waals surface area contributed by atoms with E-state index in [1.807, 2.05) is 14.1 Å². The van der Waals surface area contributed by atoms with Crippen LogP contribution in [0.5, 0.6) is 0 Å². The van der Waals surface area contributed by atoms with E-state index in [1.54, 1.807) is 13.8 Å². The van der Waals surface area contributed by atoms with Crippen LogP contribution in [0.15, 0.2) is 0 Å². The minimum absolute atomic E-state index is 0.138. The maximum atomic E-state index is 12.8. The zero-order valence-electron chi connectivity index (χ0n) is 28.3. The number of Topliss-reactive ketones (excluding diaryl/α,β-unsaturated/α-hetero) is 2. The van der Waals surface area contributed by atoms with Gasteiger partial charge in [0.15, 0.2) is 11.8 Å². The molecule has 0 aromatic carbocycles. The number of ketones is 2. The Labute approximate surface area is 268 Å². The van der Waals surface area contributed by atoms with E-state index in [9.17, 15) is 28.8 Å². The lowest BCUT2D eigenvalue weighted by Crippen LogP contribution is -2.56. The van der Waals surface area contributed by atoms with E-state index in [1.165, 1.54) is 13.8 Å². The second-order valence-electron chi connectivity index (χ2n) is 13.3. The van der Waals surface area contributed by atoms with Crippen molar-refractivity contribution < 1.29 is 56.7 Å². The van der Waals surface area contributed by atoms with Crippen LogP contribution in [0.1, 0.15) is 72.6 Å². The summed E-state index contributed by atoms with van der Waals surface area (Å²) >= 11 is 0. The highest BCUT2D eigenvalue weighted by Gasteiger charge is 2.42. The zero-order chi connectivity index (χ0) is 33.6. The van der Waals surface area contributed by atoms with Gasteiger partial charge in [-0.2, -0.15) is 0 Å². The van der Waals surface area contributed by atoms with Crippen molar-refractivity contribution >= 4 is 35.4 Å². The maximum Gasteiger partial charge on any atom is 0.322 e. The highest BCUT2D eigenvalue weighted by atomic mass is 16.5. The van der Waals surface area contributed by atoms with E-state index in [2.05, 4.69) is 0 Å². The fourth-order valence-electron chi connectivity index (χ4n) is 6.65. The van der Waals surface area contributed by atoms with Gasteiger partial charge in [-0.25, -0.2) is 0 Å². The summed E-state index contributed by atoms with van der Waals surface area (Å²) < 4.78 is 22.1. The molecule has 6 atom stereocenters. The van der Waals surface area contributed by atoms with E-state index >= 15 is 0 Å². The Morgan fingerprint density at radius 3 is 1.33 bits per heavy atom. The molecule has 12 heteroatoms. The van der Waals surface area contributed by atoms with Gasteiger partial charge in [-0.05, 0) is 72.6 Å². The van der Waals surface area contributed by atoms with E-state index in [4.69, 9.17) is 18.9 Å². The van der Waals surface area contributed by atoms with Crippen molar-refractivity contribution in [2.24, 2.45) is 23.7 Å². The highest BCUT2D eigenvalue weighted by molar-refractivity contribution is 5.98. The second-order valence-corrected chi connectivity index (χ2v) is 13.3. The monoisotopic (exact) mass is 640 g/mol. The van der Waals surface area contributed by atoms with Crippen LogP contribution in [-0.2, 0) is 47.7 Å². The Morgan fingerprint density at radius 1 is 0.622 bits per heavy atom. The number of carbonyl (C=O) groups excluding carboxylic acids is 6. The third-order valence-corrected chi connectivity index (χ3v) is 9.14. The number of carbonyl (C=O) groups is 6. The minimum atomic E-state index is -0.905. The fraction of sp³-hybridized carbons (Fsp3) is 0.818. The Kier molecular flexibility index (Phi) is 15.6. The molecule has 0 bridgehead atoms. The molecule has 2 rings (SSSR count). The molecule has 2 saturated heterocycles. The molecule has 0 aromatic heterocycles. The Bertz CT molecular complexity index is 969. The van der Waals surface area contributed by atoms with Gasteiger partial charge >= 0.3 is 23.9 Å². The molecule has 0 saturated carbocycles. The van der Waals surface area contributed by atoms with Gasteiger partial charge in [-0.3, -0.25) is 28.8 Å². The number of esters is 4. The molecule has 256 valence electrons. The number of piperidine rings is 2. The van der Waals surface area contributed by atoms with Gasteiger partial charge in [0, 0.05) is 0 Å². The van der Waals surface area contributed by atoms with Crippen molar-refractivity contribution in [1.82, 2.24) is 0 Å². The molecular formula is C33H56N2O10+2. The van der Waals surface area contributed by atoms with E-state index in [-0.39, 0.29) is 61.6 Å². The molecule has 0 radical (unpaired) electrons. The SMILES string of the molecule is CCOC(=O)C1CCC[N+](C)(CC(C(C)=O)C(=O)OCCCCCOC(=O)C(C[N+]2(C)CCCC(C(=O)OCC)C2)C(C)=O)C1. The average Bonchev–Trinajstić information content (AvgIpc) is 2.98. The third kappa shape index (κ3) is 12.5. The number of likely N-dealkylation sites (tertiary alicyclic amines) is 2. The van der Waals surface area contributed by atoms with Crippen molar-refractivity contribution in [1.29, 1.82) is 0 Å². The summed E-state index contributed by atoms with van der Waals surface area (Å²) in [4.78, 5) is 75.0. The zero-order valence-corrected chi connectivity index (χ0v) is 28.3. The van der Waals surface area contributed by atoms with Crippen molar-refractivity contribution in [3.05, 3.63) is 0 Å². The minimum Gasteiger partial charge on any atom is -0.466 e.